The zero-order valence-corrected chi connectivity index (χ0v) is 13.8. The van der Waals surface area contributed by atoms with Crippen molar-refractivity contribution in [1.29, 1.82) is 0 Å². The topological polar surface area (TPSA) is 17.1 Å². The lowest BCUT2D eigenvalue weighted by Crippen LogP contribution is -2.38. The van der Waals surface area contributed by atoms with E-state index in [1.165, 1.54) is 51.4 Å². The minimum absolute atomic E-state index is 0.0217. The maximum Gasteiger partial charge on any atom is 0.123 e. The van der Waals surface area contributed by atoms with E-state index in [0.29, 0.717) is 5.92 Å². The third kappa shape index (κ3) is 4.23. The molecule has 0 aromatic rings. The Kier molecular flexibility index (Phi) is 6.39. The predicted octanol–water partition coefficient (Wildman–Crippen LogP) is 5.74. The fourth-order valence-corrected chi connectivity index (χ4v) is 4.75. The Labute approximate surface area is 129 Å². The molecular formula is C18H31ClO. The number of rotatable bonds is 6. The SMILES string of the molecule is CCCCCC1CCC(C2(Cl)CCC(C=O)CC2)CC1. The average Bonchev–Trinajstić information content (AvgIpc) is 2.49. The van der Waals surface area contributed by atoms with Crippen molar-refractivity contribution in [2.45, 2.75) is 88.8 Å². The summed E-state index contributed by atoms with van der Waals surface area (Å²) in [6, 6.07) is 0. The van der Waals surface area contributed by atoms with Crippen molar-refractivity contribution in [2.75, 3.05) is 0 Å². The Bertz CT molecular complexity index is 286. The van der Waals surface area contributed by atoms with E-state index < -0.39 is 0 Å². The molecule has 0 heterocycles. The van der Waals surface area contributed by atoms with E-state index in [1.54, 1.807) is 0 Å². The standard InChI is InChI=1S/C18H31ClO/c1-2-3-4-5-15-6-8-17(9-7-15)18(19)12-10-16(14-20)11-13-18/h14-17H,2-13H2,1H3. The van der Waals surface area contributed by atoms with Gasteiger partial charge in [0.15, 0.2) is 0 Å². The van der Waals surface area contributed by atoms with Gasteiger partial charge in [0.1, 0.15) is 6.29 Å². The Hall–Kier alpha value is -0.0400. The second-order valence-corrected chi connectivity index (χ2v) is 7.97. The first-order valence-electron chi connectivity index (χ1n) is 8.82. The van der Waals surface area contributed by atoms with E-state index in [9.17, 15) is 4.79 Å². The highest BCUT2D eigenvalue weighted by molar-refractivity contribution is 6.24. The van der Waals surface area contributed by atoms with Gasteiger partial charge in [0.2, 0.25) is 0 Å². The lowest BCUT2D eigenvalue weighted by molar-refractivity contribution is -0.112. The summed E-state index contributed by atoms with van der Waals surface area (Å²) in [5.41, 5.74) is 0. The maximum atomic E-state index is 10.9. The molecule has 0 unspecified atom stereocenters. The molecule has 0 aromatic carbocycles. The smallest absolute Gasteiger partial charge is 0.123 e. The van der Waals surface area contributed by atoms with Gasteiger partial charge in [-0.2, -0.15) is 0 Å². The Morgan fingerprint density at radius 3 is 2.25 bits per heavy atom. The van der Waals surface area contributed by atoms with Gasteiger partial charge in [-0.1, -0.05) is 45.4 Å². The molecule has 0 saturated heterocycles. The first-order chi connectivity index (χ1) is 9.68. The van der Waals surface area contributed by atoms with Crippen molar-refractivity contribution in [3.63, 3.8) is 0 Å². The number of halogens is 1. The Balaban J connectivity index is 1.74. The van der Waals surface area contributed by atoms with Gasteiger partial charge >= 0.3 is 0 Å². The van der Waals surface area contributed by atoms with Gasteiger partial charge in [-0.05, 0) is 50.4 Å². The average molecular weight is 299 g/mol. The third-order valence-electron chi connectivity index (χ3n) is 5.85. The largest absolute Gasteiger partial charge is 0.303 e. The molecule has 0 aliphatic heterocycles. The number of carbonyl (C=O) groups excluding carboxylic acids is 1. The van der Waals surface area contributed by atoms with Crippen LogP contribution in [-0.2, 0) is 4.79 Å². The molecule has 1 nitrogen and oxygen atoms in total. The third-order valence-corrected chi connectivity index (χ3v) is 6.53. The summed E-state index contributed by atoms with van der Waals surface area (Å²) in [5.74, 6) is 1.95. The summed E-state index contributed by atoms with van der Waals surface area (Å²) < 4.78 is 0. The van der Waals surface area contributed by atoms with Crippen molar-refractivity contribution < 1.29 is 4.79 Å². The monoisotopic (exact) mass is 298 g/mol. The summed E-state index contributed by atoms with van der Waals surface area (Å²) >= 11 is 6.93. The molecular weight excluding hydrogens is 268 g/mol. The van der Waals surface area contributed by atoms with Crippen LogP contribution in [0.5, 0.6) is 0 Å². The normalized spacial score (nSPS) is 38.6. The van der Waals surface area contributed by atoms with Gasteiger partial charge in [0, 0.05) is 10.8 Å². The van der Waals surface area contributed by atoms with Crippen molar-refractivity contribution in [2.24, 2.45) is 17.8 Å². The summed E-state index contributed by atoms with van der Waals surface area (Å²) in [6.45, 7) is 2.28. The molecule has 0 amide bonds. The molecule has 2 rings (SSSR count). The molecule has 0 bridgehead atoms. The first kappa shape index (κ1) is 16.3. The lowest BCUT2D eigenvalue weighted by atomic mass is 9.68. The molecule has 2 aliphatic rings. The molecule has 0 N–H and O–H groups in total. The maximum absolute atomic E-state index is 10.9. The second-order valence-electron chi connectivity index (χ2n) is 7.22. The van der Waals surface area contributed by atoms with Crippen LogP contribution in [0.25, 0.3) is 0 Å². The van der Waals surface area contributed by atoms with Crippen LogP contribution in [0.2, 0.25) is 0 Å². The van der Waals surface area contributed by atoms with Gasteiger partial charge in [-0.15, -0.1) is 11.6 Å². The van der Waals surface area contributed by atoms with Crippen molar-refractivity contribution in [3.8, 4) is 0 Å². The quantitative estimate of drug-likeness (QED) is 0.347. The molecule has 116 valence electrons. The lowest BCUT2D eigenvalue weighted by Gasteiger charge is -2.43. The first-order valence-corrected chi connectivity index (χ1v) is 9.20. The molecule has 0 spiro atoms. The van der Waals surface area contributed by atoms with Crippen LogP contribution in [0.15, 0.2) is 0 Å². The molecule has 0 radical (unpaired) electrons. The van der Waals surface area contributed by atoms with E-state index in [1.807, 2.05) is 0 Å². The van der Waals surface area contributed by atoms with Crippen LogP contribution in [0.1, 0.15) is 84.0 Å². The van der Waals surface area contributed by atoms with Crippen molar-refractivity contribution >= 4 is 17.9 Å². The van der Waals surface area contributed by atoms with Crippen LogP contribution >= 0.6 is 11.6 Å². The summed E-state index contributed by atoms with van der Waals surface area (Å²) in [7, 11) is 0. The van der Waals surface area contributed by atoms with Gasteiger partial charge in [-0.25, -0.2) is 0 Å². The summed E-state index contributed by atoms with van der Waals surface area (Å²) in [6.07, 6.45) is 16.3. The second kappa shape index (κ2) is 7.82. The Morgan fingerprint density at radius 1 is 1.05 bits per heavy atom. The minimum Gasteiger partial charge on any atom is -0.303 e. The predicted molar refractivity (Wildman–Crippen MR) is 86.2 cm³/mol. The molecule has 2 heteroatoms. The molecule has 0 aromatic heterocycles. The van der Waals surface area contributed by atoms with E-state index >= 15 is 0 Å². The molecule has 20 heavy (non-hydrogen) atoms. The van der Waals surface area contributed by atoms with Crippen molar-refractivity contribution in [3.05, 3.63) is 0 Å². The molecule has 0 atom stereocenters. The van der Waals surface area contributed by atoms with E-state index in [0.717, 1.165) is 37.9 Å². The zero-order valence-electron chi connectivity index (χ0n) is 13.1. The van der Waals surface area contributed by atoms with Crippen molar-refractivity contribution in [1.82, 2.24) is 0 Å². The van der Waals surface area contributed by atoms with Gasteiger partial charge in [0.25, 0.3) is 0 Å². The van der Waals surface area contributed by atoms with Gasteiger partial charge in [0.05, 0.1) is 0 Å². The molecule has 2 aliphatic carbocycles. The molecule has 2 saturated carbocycles. The number of alkyl halides is 1. The highest BCUT2D eigenvalue weighted by atomic mass is 35.5. The van der Waals surface area contributed by atoms with Gasteiger partial charge < -0.3 is 4.79 Å². The fourth-order valence-electron chi connectivity index (χ4n) is 4.32. The van der Waals surface area contributed by atoms with Crippen LogP contribution in [0.4, 0.5) is 0 Å². The summed E-state index contributed by atoms with van der Waals surface area (Å²) in [5, 5.41) is 0. The fraction of sp³-hybridized carbons (Fsp3) is 0.944. The van der Waals surface area contributed by atoms with Crippen LogP contribution in [0.3, 0.4) is 0 Å². The minimum atomic E-state index is 0.0217. The Morgan fingerprint density at radius 2 is 1.70 bits per heavy atom. The molecule has 2 fully saturated rings. The number of hydrogen-bond acceptors (Lipinski definition) is 1. The number of carbonyl (C=O) groups is 1. The van der Waals surface area contributed by atoms with Crippen LogP contribution in [0, 0.1) is 17.8 Å². The van der Waals surface area contributed by atoms with Crippen LogP contribution < -0.4 is 0 Å². The zero-order chi connectivity index (χ0) is 14.4. The number of aldehydes is 1. The van der Waals surface area contributed by atoms with Crippen LogP contribution in [-0.4, -0.2) is 11.2 Å². The van der Waals surface area contributed by atoms with E-state index in [2.05, 4.69) is 6.92 Å². The van der Waals surface area contributed by atoms with E-state index in [-0.39, 0.29) is 10.8 Å². The number of unbranched alkanes of at least 4 members (excludes halogenated alkanes) is 2. The summed E-state index contributed by atoms with van der Waals surface area (Å²) in [4.78, 5) is 10.9. The van der Waals surface area contributed by atoms with E-state index in [4.69, 9.17) is 11.6 Å². The highest BCUT2D eigenvalue weighted by Gasteiger charge is 2.41. The van der Waals surface area contributed by atoms with Gasteiger partial charge in [-0.3, -0.25) is 0 Å². The highest BCUT2D eigenvalue weighted by Crippen LogP contribution is 2.48. The number of hydrogen-bond donors (Lipinski definition) is 0.